The minimum Gasteiger partial charge on any atom is -0.350 e. The summed E-state index contributed by atoms with van der Waals surface area (Å²) < 4.78 is 30.1. The second-order valence-corrected chi connectivity index (χ2v) is 15.6. The molecule has 0 aliphatic carbocycles. The van der Waals surface area contributed by atoms with Gasteiger partial charge in [0.15, 0.2) is 0 Å². The van der Waals surface area contributed by atoms with Gasteiger partial charge in [-0.1, -0.05) is 99.3 Å². The van der Waals surface area contributed by atoms with E-state index in [0.29, 0.717) is 20.1 Å². The summed E-state index contributed by atoms with van der Waals surface area (Å²) in [6, 6.07) is 26.4. The summed E-state index contributed by atoms with van der Waals surface area (Å²) in [4.78, 5) is 30.0. The van der Waals surface area contributed by atoms with Crippen molar-refractivity contribution >= 4 is 66.7 Å². The number of hydrogen-bond acceptors (Lipinski definition) is 4. The van der Waals surface area contributed by atoms with Crippen LogP contribution >= 0.6 is 39.1 Å². The van der Waals surface area contributed by atoms with E-state index in [9.17, 15) is 18.0 Å². The highest BCUT2D eigenvalue weighted by Gasteiger charge is 2.36. The second-order valence-electron chi connectivity index (χ2n) is 12.0. The molecule has 2 amide bonds. The van der Waals surface area contributed by atoms with E-state index in [1.54, 1.807) is 54.6 Å². The zero-order valence-corrected chi connectivity index (χ0v) is 29.9. The first kappa shape index (κ1) is 35.5. The van der Waals surface area contributed by atoms with Crippen LogP contribution in [-0.4, -0.2) is 43.3 Å². The molecule has 46 heavy (non-hydrogen) atoms. The molecule has 0 saturated carbocycles. The highest BCUT2D eigenvalue weighted by molar-refractivity contribution is 9.10. The summed E-state index contributed by atoms with van der Waals surface area (Å²) in [5.74, 6) is -0.975. The van der Waals surface area contributed by atoms with Crippen molar-refractivity contribution in [1.29, 1.82) is 0 Å². The number of nitrogens with zero attached hydrogens (tertiary/aromatic N) is 2. The van der Waals surface area contributed by atoms with E-state index in [1.807, 2.05) is 58.0 Å². The lowest BCUT2D eigenvalue weighted by atomic mass is 10.0. The molecule has 4 rings (SSSR count). The van der Waals surface area contributed by atoms with Gasteiger partial charge in [-0.25, -0.2) is 8.42 Å². The van der Waals surface area contributed by atoms with Crippen molar-refractivity contribution in [2.24, 2.45) is 0 Å². The SMILES string of the molecule is Cc1ccc(S(=O)(=O)N(CC(=O)N(Cc2ccc(Cl)cc2Cl)C(Cc2ccccc2)C(=O)NC(C)(C)C)c2cccc(Br)c2)cc1. The average Bonchev–Trinajstić information content (AvgIpc) is 2.98. The van der Waals surface area contributed by atoms with Crippen LogP contribution in [0.4, 0.5) is 5.69 Å². The lowest BCUT2D eigenvalue weighted by molar-refractivity contribution is -0.140. The van der Waals surface area contributed by atoms with Crippen LogP contribution in [0, 0.1) is 6.92 Å². The zero-order chi connectivity index (χ0) is 33.6. The number of anilines is 1. The highest BCUT2D eigenvalue weighted by atomic mass is 79.9. The minimum absolute atomic E-state index is 0.0319. The Morgan fingerprint density at radius 1 is 0.891 bits per heavy atom. The quantitative estimate of drug-likeness (QED) is 0.170. The highest BCUT2D eigenvalue weighted by Crippen LogP contribution is 2.29. The van der Waals surface area contributed by atoms with Crippen LogP contribution in [0.2, 0.25) is 10.0 Å². The summed E-state index contributed by atoms with van der Waals surface area (Å²) in [5, 5.41) is 3.75. The maximum atomic E-state index is 14.6. The van der Waals surface area contributed by atoms with E-state index < -0.39 is 34.1 Å². The van der Waals surface area contributed by atoms with Crippen LogP contribution in [0.15, 0.2) is 106 Å². The molecule has 0 aromatic heterocycles. The Bertz CT molecular complexity index is 1800. The van der Waals surface area contributed by atoms with Crippen molar-refractivity contribution in [2.75, 3.05) is 10.8 Å². The first-order valence-electron chi connectivity index (χ1n) is 14.6. The normalized spacial score (nSPS) is 12.3. The molecule has 1 unspecified atom stereocenters. The monoisotopic (exact) mass is 743 g/mol. The third kappa shape index (κ3) is 9.35. The topological polar surface area (TPSA) is 86.8 Å². The van der Waals surface area contributed by atoms with E-state index in [4.69, 9.17) is 23.2 Å². The molecule has 4 aromatic carbocycles. The van der Waals surface area contributed by atoms with Crippen molar-refractivity contribution in [2.45, 2.75) is 57.1 Å². The van der Waals surface area contributed by atoms with Gasteiger partial charge < -0.3 is 10.2 Å². The Morgan fingerprint density at radius 3 is 2.17 bits per heavy atom. The maximum Gasteiger partial charge on any atom is 0.264 e. The van der Waals surface area contributed by atoms with Gasteiger partial charge in [-0.05, 0) is 81.3 Å². The molecule has 0 heterocycles. The number of rotatable bonds is 11. The number of sulfonamides is 1. The molecule has 4 aromatic rings. The van der Waals surface area contributed by atoms with Crippen LogP contribution in [0.25, 0.3) is 0 Å². The lowest BCUT2D eigenvalue weighted by Crippen LogP contribution is -2.56. The van der Waals surface area contributed by atoms with Gasteiger partial charge in [0, 0.05) is 33.0 Å². The fourth-order valence-corrected chi connectivity index (χ4v) is 7.10. The van der Waals surface area contributed by atoms with Crippen LogP contribution in [0.5, 0.6) is 0 Å². The molecule has 0 aliphatic heterocycles. The van der Waals surface area contributed by atoms with Crippen molar-refractivity contribution in [3.05, 3.63) is 128 Å². The number of amides is 2. The number of hydrogen-bond donors (Lipinski definition) is 1. The molecule has 242 valence electrons. The molecule has 0 spiro atoms. The molecular formula is C35H36BrCl2N3O4S. The van der Waals surface area contributed by atoms with Gasteiger partial charge in [-0.15, -0.1) is 0 Å². The summed E-state index contributed by atoms with van der Waals surface area (Å²) in [7, 11) is -4.22. The average molecular weight is 746 g/mol. The Balaban J connectivity index is 1.84. The maximum absolute atomic E-state index is 14.6. The van der Waals surface area contributed by atoms with Crippen LogP contribution in [0.3, 0.4) is 0 Å². The third-order valence-corrected chi connectivity index (χ3v) is 9.98. The summed E-state index contributed by atoms with van der Waals surface area (Å²) in [5.41, 5.74) is 1.95. The van der Waals surface area contributed by atoms with E-state index in [-0.39, 0.29) is 29.5 Å². The van der Waals surface area contributed by atoms with E-state index in [1.165, 1.54) is 17.0 Å². The van der Waals surface area contributed by atoms with Crippen molar-refractivity contribution < 1.29 is 18.0 Å². The fraction of sp³-hybridized carbons (Fsp3) is 0.257. The largest absolute Gasteiger partial charge is 0.350 e. The number of carbonyl (C=O) groups excluding carboxylic acids is 2. The van der Waals surface area contributed by atoms with Gasteiger partial charge in [-0.3, -0.25) is 13.9 Å². The van der Waals surface area contributed by atoms with Crippen LogP contribution in [-0.2, 0) is 32.6 Å². The van der Waals surface area contributed by atoms with E-state index in [0.717, 1.165) is 15.4 Å². The summed E-state index contributed by atoms with van der Waals surface area (Å²) in [6.45, 7) is 6.79. The van der Waals surface area contributed by atoms with Crippen molar-refractivity contribution in [3.63, 3.8) is 0 Å². The third-order valence-electron chi connectivity index (χ3n) is 7.11. The van der Waals surface area contributed by atoms with Gasteiger partial charge in [0.2, 0.25) is 11.8 Å². The molecule has 1 N–H and O–H groups in total. The molecule has 0 bridgehead atoms. The van der Waals surface area contributed by atoms with Gasteiger partial charge in [0.05, 0.1) is 10.6 Å². The number of benzene rings is 4. The molecule has 0 fully saturated rings. The molecule has 0 saturated heterocycles. The summed E-state index contributed by atoms with van der Waals surface area (Å²) in [6.07, 6.45) is 0.182. The van der Waals surface area contributed by atoms with Crippen molar-refractivity contribution in [3.8, 4) is 0 Å². The number of nitrogens with one attached hydrogen (secondary N) is 1. The van der Waals surface area contributed by atoms with Crippen LogP contribution in [0.1, 0.15) is 37.5 Å². The van der Waals surface area contributed by atoms with Gasteiger partial charge in [0.1, 0.15) is 12.6 Å². The lowest BCUT2D eigenvalue weighted by Gasteiger charge is -2.35. The van der Waals surface area contributed by atoms with Gasteiger partial charge >= 0.3 is 0 Å². The molecule has 7 nitrogen and oxygen atoms in total. The molecule has 0 aliphatic rings. The smallest absolute Gasteiger partial charge is 0.264 e. The number of carbonyl (C=O) groups is 2. The Labute approximate surface area is 289 Å². The predicted molar refractivity (Wildman–Crippen MR) is 189 cm³/mol. The van der Waals surface area contributed by atoms with E-state index >= 15 is 0 Å². The Kier molecular flexibility index (Phi) is 11.6. The standard InChI is InChI=1S/C35H36BrCl2N3O4S/c1-24-13-17-30(18-14-24)46(44,45)41(29-12-8-11-27(36)20-29)23-33(42)40(22-26-15-16-28(37)21-31(26)38)32(34(43)39-35(2,3)4)19-25-9-6-5-7-10-25/h5-18,20-21,32H,19,22-23H2,1-4H3,(H,39,43). The predicted octanol–water partition coefficient (Wildman–Crippen LogP) is 7.81. The first-order chi connectivity index (χ1) is 21.6. The van der Waals surface area contributed by atoms with Crippen LogP contribution < -0.4 is 9.62 Å². The molecule has 1 atom stereocenters. The Hall–Kier alpha value is -3.37. The fourth-order valence-electron chi connectivity index (χ4n) is 4.84. The van der Waals surface area contributed by atoms with Gasteiger partial charge in [0.25, 0.3) is 10.0 Å². The number of halogens is 3. The molecule has 11 heteroatoms. The van der Waals surface area contributed by atoms with Gasteiger partial charge in [-0.2, -0.15) is 0 Å². The molecular weight excluding hydrogens is 709 g/mol. The molecule has 0 radical (unpaired) electrons. The second kappa shape index (κ2) is 15.0. The first-order valence-corrected chi connectivity index (χ1v) is 17.6. The van der Waals surface area contributed by atoms with Crippen molar-refractivity contribution in [1.82, 2.24) is 10.2 Å². The van der Waals surface area contributed by atoms with E-state index in [2.05, 4.69) is 21.2 Å². The summed E-state index contributed by atoms with van der Waals surface area (Å²) >= 11 is 16.2. The Morgan fingerprint density at radius 2 is 1.57 bits per heavy atom. The zero-order valence-electron chi connectivity index (χ0n) is 26.0. The number of aryl methyl sites for hydroxylation is 1. The minimum atomic E-state index is -4.22.